The molecule has 2 aromatic rings. The molecule has 1 amide bonds. The van der Waals surface area contributed by atoms with Gasteiger partial charge in [-0.3, -0.25) is 4.79 Å². The van der Waals surface area contributed by atoms with E-state index in [2.05, 4.69) is 5.16 Å². The second-order valence-corrected chi connectivity index (χ2v) is 5.66. The summed E-state index contributed by atoms with van der Waals surface area (Å²) in [6, 6.07) is 13.8. The Morgan fingerprint density at radius 3 is 2.88 bits per heavy atom. The number of benzene rings is 2. The Balaban J connectivity index is 1.54. The smallest absolute Gasteiger partial charge is 0.276 e. The van der Waals surface area contributed by atoms with Gasteiger partial charge in [0.15, 0.2) is 6.10 Å². The molecule has 2 heterocycles. The van der Waals surface area contributed by atoms with Crippen LogP contribution >= 0.6 is 0 Å². The summed E-state index contributed by atoms with van der Waals surface area (Å²) >= 11 is 0. The van der Waals surface area contributed by atoms with Crippen molar-refractivity contribution in [1.29, 1.82) is 0 Å². The number of hydrogen-bond donors (Lipinski definition) is 0. The van der Waals surface area contributed by atoms with E-state index in [4.69, 9.17) is 9.57 Å². The van der Waals surface area contributed by atoms with Crippen LogP contribution in [0.25, 0.3) is 0 Å². The van der Waals surface area contributed by atoms with Crippen LogP contribution in [0.1, 0.15) is 18.1 Å². The Bertz CT molecular complexity index is 807. The number of carbonyl (C=O) groups is 1. The maximum Gasteiger partial charge on any atom is 0.276 e. The number of carbonyl (C=O) groups excluding carboxylic acids is 1. The molecular weight excluding hydrogens is 311 g/mol. The van der Waals surface area contributed by atoms with E-state index >= 15 is 0 Å². The number of amides is 1. The van der Waals surface area contributed by atoms with Gasteiger partial charge in [-0.15, -0.1) is 0 Å². The van der Waals surface area contributed by atoms with Crippen molar-refractivity contribution in [1.82, 2.24) is 0 Å². The second-order valence-electron chi connectivity index (χ2n) is 5.66. The average Bonchev–Trinajstić information content (AvgIpc) is 3.11. The van der Waals surface area contributed by atoms with Crippen molar-refractivity contribution in [3.63, 3.8) is 0 Å². The summed E-state index contributed by atoms with van der Waals surface area (Å²) in [4.78, 5) is 19.8. The first kappa shape index (κ1) is 14.7. The van der Waals surface area contributed by atoms with Crippen molar-refractivity contribution < 1.29 is 18.8 Å². The Morgan fingerprint density at radius 2 is 2.04 bits per heavy atom. The first-order valence-corrected chi connectivity index (χ1v) is 7.74. The van der Waals surface area contributed by atoms with E-state index in [1.54, 1.807) is 11.0 Å². The zero-order valence-electron chi connectivity index (χ0n) is 12.8. The molecule has 2 aliphatic heterocycles. The van der Waals surface area contributed by atoms with Crippen LogP contribution < -0.4 is 9.64 Å². The van der Waals surface area contributed by atoms with Crippen molar-refractivity contribution in [2.75, 3.05) is 18.1 Å². The Hall–Kier alpha value is -2.89. The van der Waals surface area contributed by atoms with Crippen LogP contribution in [-0.4, -0.2) is 24.8 Å². The molecule has 2 aromatic carbocycles. The molecule has 0 aromatic heterocycles. The topological polar surface area (TPSA) is 51.1 Å². The molecule has 4 rings (SSSR count). The van der Waals surface area contributed by atoms with Gasteiger partial charge in [-0.05, 0) is 17.7 Å². The van der Waals surface area contributed by atoms with Gasteiger partial charge in [-0.2, -0.15) is 0 Å². The van der Waals surface area contributed by atoms with Crippen LogP contribution in [0.4, 0.5) is 10.1 Å². The van der Waals surface area contributed by atoms with E-state index in [9.17, 15) is 9.18 Å². The van der Waals surface area contributed by atoms with Gasteiger partial charge in [0.05, 0.1) is 12.2 Å². The molecule has 122 valence electrons. The molecular formula is C18H15FN2O3. The maximum absolute atomic E-state index is 13.3. The fraction of sp³-hybridized carbons (Fsp3) is 0.222. The predicted octanol–water partition coefficient (Wildman–Crippen LogP) is 3.07. The van der Waals surface area contributed by atoms with Crippen molar-refractivity contribution in [2.45, 2.75) is 12.5 Å². The van der Waals surface area contributed by atoms with E-state index in [0.717, 1.165) is 5.56 Å². The van der Waals surface area contributed by atoms with Crippen LogP contribution in [0.5, 0.6) is 5.75 Å². The quantitative estimate of drug-likeness (QED) is 0.852. The van der Waals surface area contributed by atoms with Crippen LogP contribution in [0.2, 0.25) is 0 Å². The van der Waals surface area contributed by atoms with Crippen LogP contribution in [0, 0.1) is 5.82 Å². The number of anilines is 1. The molecule has 0 saturated heterocycles. The molecule has 0 N–H and O–H groups in total. The Morgan fingerprint density at radius 1 is 1.21 bits per heavy atom. The normalized spacial score (nSPS) is 19.1. The van der Waals surface area contributed by atoms with Gasteiger partial charge in [0, 0.05) is 12.5 Å². The highest BCUT2D eigenvalue weighted by molar-refractivity contribution is 6.44. The van der Waals surface area contributed by atoms with Gasteiger partial charge in [-0.1, -0.05) is 35.5 Å². The lowest BCUT2D eigenvalue weighted by atomic mass is 10.0. The van der Waals surface area contributed by atoms with E-state index in [0.29, 0.717) is 36.7 Å². The number of nitrogens with zero attached hydrogens (tertiary/aromatic N) is 2. The minimum atomic E-state index is -0.395. The molecule has 6 heteroatoms. The number of fused-ring (bicyclic) bond motifs is 1. The second kappa shape index (κ2) is 5.96. The summed E-state index contributed by atoms with van der Waals surface area (Å²) < 4.78 is 18.8. The van der Waals surface area contributed by atoms with Gasteiger partial charge in [0.25, 0.3) is 5.91 Å². The summed E-state index contributed by atoms with van der Waals surface area (Å²) in [6.45, 7) is 0.713. The van der Waals surface area contributed by atoms with Crippen LogP contribution in [-0.2, 0) is 9.63 Å². The Labute approximate surface area is 138 Å². The van der Waals surface area contributed by atoms with E-state index in [1.165, 1.54) is 12.1 Å². The fourth-order valence-electron chi connectivity index (χ4n) is 2.91. The van der Waals surface area contributed by atoms with Crippen molar-refractivity contribution in [3.8, 4) is 5.75 Å². The molecule has 1 unspecified atom stereocenters. The van der Waals surface area contributed by atoms with Gasteiger partial charge in [0.2, 0.25) is 0 Å². The fourth-order valence-corrected chi connectivity index (χ4v) is 2.91. The van der Waals surface area contributed by atoms with Gasteiger partial charge >= 0.3 is 0 Å². The largest absolute Gasteiger partial charge is 0.489 e. The lowest BCUT2D eigenvalue weighted by Gasteiger charge is -2.29. The molecule has 0 spiro atoms. The molecule has 1 atom stereocenters. The molecule has 0 bridgehead atoms. The molecule has 0 aliphatic carbocycles. The molecule has 0 saturated carbocycles. The zero-order valence-corrected chi connectivity index (χ0v) is 12.8. The van der Waals surface area contributed by atoms with Crippen molar-refractivity contribution >= 4 is 17.3 Å². The minimum absolute atomic E-state index is 0.232. The molecule has 24 heavy (non-hydrogen) atoms. The minimum Gasteiger partial charge on any atom is -0.489 e. The third kappa shape index (κ3) is 2.60. The first-order chi connectivity index (χ1) is 11.7. The number of hydrogen-bond acceptors (Lipinski definition) is 4. The summed E-state index contributed by atoms with van der Waals surface area (Å²) in [5.41, 5.74) is 1.90. The van der Waals surface area contributed by atoms with Gasteiger partial charge in [0.1, 0.15) is 23.9 Å². The predicted molar refractivity (Wildman–Crippen MR) is 86.6 cm³/mol. The number of ether oxygens (including phenoxy) is 1. The number of rotatable bonds is 2. The zero-order chi connectivity index (χ0) is 16.5. The highest BCUT2D eigenvalue weighted by Crippen LogP contribution is 2.34. The lowest BCUT2D eigenvalue weighted by Crippen LogP contribution is -2.41. The number of oxime groups is 1. The monoisotopic (exact) mass is 326 g/mol. The molecule has 5 nitrogen and oxygen atoms in total. The highest BCUT2D eigenvalue weighted by atomic mass is 19.1. The van der Waals surface area contributed by atoms with Crippen molar-refractivity contribution in [2.24, 2.45) is 5.16 Å². The Kier molecular flexibility index (Phi) is 3.65. The summed E-state index contributed by atoms with van der Waals surface area (Å²) in [5.74, 6) is -0.257. The molecule has 0 radical (unpaired) electrons. The van der Waals surface area contributed by atoms with Crippen LogP contribution in [0.3, 0.4) is 0 Å². The molecule has 2 aliphatic rings. The van der Waals surface area contributed by atoms with E-state index < -0.39 is 5.82 Å². The highest BCUT2D eigenvalue weighted by Gasteiger charge is 2.33. The van der Waals surface area contributed by atoms with Gasteiger partial charge in [-0.25, -0.2) is 4.39 Å². The van der Waals surface area contributed by atoms with E-state index in [-0.39, 0.29) is 12.0 Å². The van der Waals surface area contributed by atoms with E-state index in [1.807, 2.05) is 30.3 Å². The number of halogens is 1. The summed E-state index contributed by atoms with van der Waals surface area (Å²) in [5, 5.41) is 3.97. The molecule has 0 fully saturated rings. The third-order valence-electron chi connectivity index (χ3n) is 4.12. The van der Waals surface area contributed by atoms with Crippen LogP contribution in [0.15, 0.2) is 53.7 Å². The summed E-state index contributed by atoms with van der Waals surface area (Å²) in [7, 11) is 0. The maximum atomic E-state index is 13.3. The third-order valence-corrected chi connectivity index (χ3v) is 4.12. The average molecular weight is 326 g/mol. The lowest BCUT2D eigenvalue weighted by molar-refractivity contribution is -0.112. The van der Waals surface area contributed by atoms with Crippen molar-refractivity contribution in [3.05, 3.63) is 59.9 Å². The van der Waals surface area contributed by atoms with Gasteiger partial charge < -0.3 is 14.5 Å². The summed E-state index contributed by atoms with van der Waals surface area (Å²) in [6.07, 6.45) is 0.162. The SMILES string of the molecule is O=C(C1=NOC(c2ccccc2)C1)N1CCOc2cc(F)ccc21. The first-order valence-electron chi connectivity index (χ1n) is 7.74. The standard InChI is InChI=1S/C18H15FN2O3/c19-13-6-7-15-17(10-13)23-9-8-21(15)18(22)14-11-16(24-20-14)12-4-2-1-3-5-12/h1-7,10,16H,8-9,11H2.